The number of ether oxygens (including phenoxy) is 1. The van der Waals surface area contributed by atoms with Crippen LogP contribution >= 0.6 is 0 Å². The molecule has 2 N–H and O–H groups in total. The van der Waals surface area contributed by atoms with Crippen LogP contribution in [0.5, 0.6) is 5.75 Å². The van der Waals surface area contributed by atoms with Crippen LogP contribution in [0, 0.1) is 5.82 Å². The minimum atomic E-state index is -4.48. The molecule has 3 amide bonds. The molecule has 1 fully saturated rings. The van der Waals surface area contributed by atoms with Gasteiger partial charge in [-0.1, -0.05) is 30.3 Å². The molecule has 6 nitrogen and oxygen atoms in total. The predicted octanol–water partition coefficient (Wildman–Crippen LogP) is 3.76. The fourth-order valence-electron chi connectivity index (χ4n) is 3.32. The van der Waals surface area contributed by atoms with Crippen molar-refractivity contribution in [1.82, 2.24) is 15.5 Å². The first kappa shape index (κ1) is 23.4. The Morgan fingerprint density at radius 2 is 1.84 bits per heavy atom. The van der Waals surface area contributed by atoms with Gasteiger partial charge < -0.3 is 20.3 Å². The predicted molar refractivity (Wildman–Crippen MR) is 108 cm³/mol. The van der Waals surface area contributed by atoms with E-state index in [2.05, 4.69) is 10.6 Å². The van der Waals surface area contributed by atoms with Crippen LogP contribution in [-0.4, -0.2) is 42.1 Å². The van der Waals surface area contributed by atoms with Gasteiger partial charge in [-0.15, -0.1) is 0 Å². The smallest absolute Gasteiger partial charge is 0.406 e. The first-order valence-corrected chi connectivity index (χ1v) is 10.1. The van der Waals surface area contributed by atoms with Crippen LogP contribution in [0.25, 0.3) is 0 Å². The zero-order valence-electron chi connectivity index (χ0n) is 17.1. The van der Waals surface area contributed by atoms with E-state index in [-0.39, 0.29) is 25.5 Å². The van der Waals surface area contributed by atoms with Crippen LogP contribution < -0.4 is 15.4 Å². The number of carbonyl (C=O) groups excluding carboxylic acids is 2. The lowest BCUT2D eigenvalue weighted by atomic mass is 10.0. The van der Waals surface area contributed by atoms with Crippen LogP contribution in [0.3, 0.4) is 0 Å². The van der Waals surface area contributed by atoms with Crippen molar-refractivity contribution in [3.05, 3.63) is 65.5 Å². The number of urea groups is 1. The Bertz CT molecular complexity index is 935. The summed E-state index contributed by atoms with van der Waals surface area (Å²) in [4.78, 5) is 25.0. The van der Waals surface area contributed by atoms with Crippen LogP contribution in [0.15, 0.2) is 48.5 Å². The Morgan fingerprint density at radius 3 is 2.53 bits per heavy atom. The molecule has 10 heteroatoms. The zero-order valence-corrected chi connectivity index (χ0v) is 17.1. The average Bonchev–Trinajstić information content (AvgIpc) is 2.73. The molecule has 1 unspecified atom stereocenters. The van der Waals surface area contributed by atoms with E-state index in [1.807, 2.05) is 0 Å². The molecule has 172 valence electrons. The molecule has 1 saturated heterocycles. The van der Waals surface area contributed by atoms with Crippen molar-refractivity contribution in [3.8, 4) is 5.75 Å². The molecule has 0 saturated carbocycles. The molecule has 1 atom stereocenters. The molecule has 0 aromatic heterocycles. The number of amides is 3. The van der Waals surface area contributed by atoms with E-state index >= 15 is 0 Å². The number of halogens is 4. The summed E-state index contributed by atoms with van der Waals surface area (Å²) in [7, 11) is 0. The maximum Gasteiger partial charge on any atom is 0.406 e. The topological polar surface area (TPSA) is 70.7 Å². The highest BCUT2D eigenvalue weighted by molar-refractivity contribution is 5.87. The Morgan fingerprint density at radius 1 is 1.12 bits per heavy atom. The fourth-order valence-corrected chi connectivity index (χ4v) is 3.32. The van der Waals surface area contributed by atoms with Gasteiger partial charge in [0.1, 0.15) is 30.8 Å². The van der Waals surface area contributed by atoms with Gasteiger partial charge in [-0.2, -0.15) is 13.2 Å². The Hall–Kier alpha value is -3.30. The highest BCUT2D eigenvalue weighted by atomic mass is 19.4. The number of hydrogen-bond acceptors (Lipinski definition) is 3. The van der Waals surface area contributed by atoms with E-state index in [0.717, 1.165) is 16.0 Å². The normalized spacial score (nSPS) is 16.6. The van der Waals surface area contributed by atoms with Crippen molar-refractivity contribution in [2.24, 2.45) is 0 Å². The van der Waals surface area contributed by atoms with Gasteiger partial charge in [0.2, 0.25) is 5.91 Å². The molecule has 2 aromatic rings. The van der Waals surface area contributed by atoms with Crippen molar-refractivity contribution in [2.45, 2.75) is 38.2 Å². The van der Waals surface area contributed by atoms with E-state index in [1.54, 1.807) is 36.4 Å². The molecule has 1 heterocycles. The van der Waals surface area contributed by atoms with Gasteiger partial charge in [0, 0.05) is 19.2 Å². The van der Waals surface area contributed by atoms with Gasteiger partial charge in [0.25, 0.3) is 0 Å². The average molecular weight is 453 g/mol. The number of hydrogen-bond donors (Lipinski definition) is 2. The Balaban J connectivity index is 1.44. The van der Waals surface area contributed by atoms with Gasteiger partial charge in [-0.05, 0) is 36.1 Å². The number of piperidine rings is 1. The van der Waals surface area contributed by atoms with E-state index in [1.165, 1.54) is 12.1 Å². The molecule has 32 heavy (non-hydrogen) atoms. The van der Waals surface area contributed by atoms with Gasteiger partial charge in [-0.3, -0.25) is 4.79 Å². The first-order valence-electron chi connectivity index (χ1n) is 10.1. The summed E-state index contributed by atoms with van der Waals surface area (Å²) >= 11 is 0. The van der Waals surface area contributed by atoms with E-state index in [4.69, 9.17) is 4.74 Å². The van der Waals surface area contributed by atoms with Crippen molar-refractivity contribution in [1.29, 1.82) is 0 Å². The molecule has 0 radical (unpaired) electrons. The second kappa shape index (κ2) is 10.3. The highest BCUT2D eigenvalue weighted by Crippen LogP contribution is 2.20. The van der Waals surface area contributed by atoms with Crippen molar-refractivity contribution in [3.63, 3.8) is 0 Å². The van der Waals surface area contributed by atoms with Crippen LogP contribution in [0.1, 0.15) is 24.0 Å². The fraction of sp³-hybridized carbons (Fsp3) is 0.364. The summed E-state index contributed by atoms with van der Waals surface area (Å²) in [6.07, 6.45) is -3.80. The zero-order chi connectivity index (χ0) is 23.1. The van der Waals surface area contributed by atoms with Crippen LogP contribution in [0.2, 0.25) is 0 Å². The maximum absolute atomic E-state index is 13.2. The molecular weight excluding hydrogens is 430 g/mol. The first-order chi connectivity index (χ1) is 15.2. The lowest BCUT2D eigenvalue weighted by molar-refractivity contribution is -0.164. The maximum atomic E-state index is 13.2. The molecular formula is C22H23F4N3O3. The Labute approximate surface area is 182 Å². The minimum Gasteiger partial charge on any atom is -0.489 e. The van der Waals surface area contributed by atoms with Gasteiger partial charge >= 0.3 is 12.2 Å². The third-order valence-electron chi connectivity index (χ3n) is 4.88. The largest absolute Gasteiger partial charge is 0.489 e. The number of likely N-dealkylation sites (tertiary alicyclic amines) is 1. The van der Waals surface area contributed by atoms with E-state index < -0.39 is 30.7 Å². The minimum absolute atomic E-state index is 0.0212. The van der Waals surface area contributed by atoms with Crippen molar-refractivity contribution < 1.29 is 31.9 Å². The molecule has 1 aliphatic heterocycles. The molecule has 2 aromatic carbocycles. The molecule has 0 aliphatic carbocycles. The number of nitrogens with one attached hydrogen (secondary N) is 2. The van der Waals surface area contributed by atoms with Crippen molar-refractivity contribution >= 4 is 11.9 Å². The summed E-state index contributed by atoms with van der Waals surface area (Å²) in [6.45, 7) is -0.881. The Kier molecular flexibility index (Phi) is 7.55. The molecule has 0 spiro atoms. The second-order valence-corrected chi connectivity index (χ2v) is 7.46. The summed E-state index contributed by atoms with van der Waals surface area (Å²) in [6, 6.07) is 11.4. The summed E-state index contributed by atoms with van der Waals surface area (Å²) in [5.41, 5.74) is 1.63. The standard InChI is InChI=1S/C22H23F4N3O3/c23-17-3-1-4-18(11-17)32-13-16-8-6-15(7-9-16)12-27-21(31)28-19-5-2-10-29(20(19)30)14-22(24,25)26/h1,3-4,6-9,11,19H,2,5,10,12-14H2,(H2,27,28,31). The van der Waals surface area contributed by atoms with Gasteiger partial charge in [0.15, 0.2) is 0 Å². The van der Waals surface area contributed by atoms with Gasteiger partial charge in [0.05, 0.1) is 0 Å². The van der Waals surface area contributed by atoms with E-state index in [9.17, 15) is 27.2 Å². The summed E-state index contributed by atoms with van der Waals surface area (Å²) in [5.74, 6) is -0.699. The lowest BCUT2D eigenvalue weighted by Crippen LogP contribution is -2.55. The van der Waals surface area contributed by atoms with E-state index in [0.29, 0.717) is 18.6 Å². The molecule has 0 bridgehead atoms. The quantitative estimate of drug-likeness (QED) is 0.628. The second-order valence-electron chi connectivity index (χ2n) is 7.46. The SMILES string of the molecule is O=C(NCc1ccc(COc2cccc(F)c2)cc1)NC1CCCN(CC(F)(F)F)C1=O. The highest BCUT2D eigenvalue weighted by Gasteiger charge is 2.37. The number of alkyl halides is 3. The summed E-state index contributed by atoms with van der Waals surface area (Å²) in [5, 5.41) is 5.05. The molecule has 3 rings (SSSR count). The van der Waals surface area contributed by atoms with Crippen molar-refractivity contribution in [2.75, 3.05) is 13.1 Å². The van der Waals surface area contributed by atoms with Gasteiger partial charge in [-0.25, -0.2) is 9.18 Å². The molecule has 1 aliphatic rings. The number of carbonyl (C=O) groups is 2. The van der Waals surface area contributed by atoms with Crippen LogP contribution in [0.4, 0.5) is 22.4 Å². The lowest BCUT2D eigenvalue weighted by Gasteiger charge is -2.33. The number of nitrogens with zero attached hydrogens (tertiary/aromatic N) is 1. The summed E-state index contributed by atoms with van der Waals surface area (Å²) < 4.78 is 56.4. The van der Waals surface area contributed by atoms with Crippen LogP contribution in [-0.2, 0) is 17.9 Å². The third-order valence-corrected chi connectivity index (χ3v) is 4.88. The third kappa shape index (κ3) is 7.14. The number of rotatable bonds is 7. The monoisotopic (exact) mass is 453 g/mol. The number of benzene rings is 2.